The first-order valence-corrected chi connectivity index (χ1v) is 10.8. The van der Waals surface area contributed by atoms with Gasteiger partial charge in [-0.25, -0.2) is 0 Å². The number of rotatable bonds is 10. The summed E-state index contributed by atoms with van der Waals surface area (Å²) in [4.78, 5) is 29.7. The fraction of sp³-hybridized carbons (Fsp3) is 0.269. The maximum absolute atomic E-state index is 12.8. The zero-order valence-corrected chi connectivity index (χ0v) is 19.1. The van der Waals surface area contributed by atoms with Crippen molar-refractivity contribution in [2.45, 2.75) is 33.0 Å². The molecule has 7 nitrogen and oxygen atoms in total. The summed E-state index contributed by atoms with van der Waals surface area (Å²) in [5.74, 6) is 0.722. The normalized spacial score (nSPS) is 11.5. The van der Waals surface area contributed by atoms with E-state index in [9.17, 15) is 9.59 Å². The van der Waals surface area contributed by atoms with Crippen LogP contribution in [0.5, 0.6) is 11.5 Å². The summed E-state index contributed by atoms with van der Waals surface area (Å²) in [5, 5.41) is 5.75. The Morgan fingerprint density at radius 1 is 0.970 bits per heavy atom. The third-order valence-corrected chi connectivity index (χ3v) is 5.07. The Balaban J connectivity index is 1.56. The third kappa shape index (κ3) is 7.07. The van der Waals surface area contributed by atoms with Gasteiger partial charge in [-0.3, -0.25) is 14.6 Å². The Kier molecular flexibility index (Phi) is 8.41. The van der Waals surface area contributed by atoms with E-state index >= 15 is 0 Å². The molecule has 0 radical (unpaired) electrons. The third-order valence-electron chi connectivity index (χ3n) is 5.07. The fourth-order valence-corrected chi connectivity index (χ4v) is 3.19. The Bertz CT molecular complexity index is 1050. The number of nitrogens with one attached hydrogen (secondary N) is 2. The number of hydrogen-bond donors (Lipinski definition) is 2. The average Bonchev–Trinajstić information content (AvgIpc) is 2.85. The number of ether oxygens (including phenoxy) is 2. The topological polar surface area (TPSA) is 89.5 Å². The lowest BCUT2D eigenvalue weighted by molar-refractivity contribution is -0.124. The minimum Gasteiger partial charge on any atom is -0.497 e. The van der Waals surface area contributed by atoms with Crippen LogP contribution in [-0.4, -0.2) is 29.9 Å². The molecule has 1 atom stereocenters. The number of nitrogens with zero attached hydrogens (tertiary/aromatic N) is 1. The molecule has 1 heterocycles. The first kappa shape index (κ1) is 23.8. The quantitative estimate of drug-likeness (QED) is 0.494. The number of pyridine rings is 1. The van der Waals surface area contributed by atoms with Crippen molar-refractivity contribution < 1.29 is 19.1 Å². The van der Waals surface area contributed by atoms with Gasteiger partial charge >= 0.3 is 0 Å². The Hall–Kier alpha value is -3.87. The number of carbonyl (C=O) groups is 2. The van der Waals surface area contributed by atoms with Gasteiger partial charge in [-0.05, 0) is 60.0 Å². The lowest BCUT2D eigenvalue weighted by atomic mass is 10.0. The maximum atomic E-state index is 12.8. The van der Waals surface area contributed by atoms with Crippen LogP contribution in [0.25, 0.3) is 0 Å². The highest BCUT2D eigenvalue weighted by Gasteiger charge is 2.24. The minimum absolute atomic E-state index is 0.0831. The standard InChI is InChI=1S/C26H29N3O4/c1-18(2)24(29-25(30)20-10-12-22(32-3)13-11-20)26(31)28-16-19-7-6-9-23(15-19)33-17-21-8-4-5-14-27-21/h4-15,18,24H,16-17H2,1-3H3,(H,28,31)(H,29,30). The molecule has 0 bridgehead atoms. The van der Waals surface area contributed by atoms with Gasteiger partial charge in [0.05, 0.1) is 12.8 Å². The summed E-state index contributed by atoms with van der Waals surface area (Å²) in [5.41, 5.74) is 2.20. The minimum atomic E-state index is -0.664. The van der Waals surface area contributed by atoms with E-state index in [0.29, 0.717) is 30.2 Å². The van der Waals surface area contributed by atoms with Crippen LogP contribution in [0.2, 0.25) is 0 Å². The van der Waals surface area contributed by atoms with Crippen LogP contribution in [0.3, 0.4) is 0 Å². The van der Waals surface area contributed by atoms with E-state index in [-0.39, 0.29) is 17.7 Å². The first-order valence-electron chi connectivity index (χ1n) is 10.8. The van der Waals surface area contributed by atoms with Crippen molar-refractivity contribution >= 4 is 11.8 Å². The van der Waals surface area contributed by atoms with E-state index in [1.165, 1.54) is 0 Å². The summed E-state index contributed by atoms with van der Waals surface area (Å²) in [7, 11) is 1.57. The molecule has 1 unspecified atom stereocenters. The molecule has 172 valence electrons. The second kappa shape index (κ2) is 11.7. The Labute approximate surface area is 194 Å². The van der Waals surface area contributed by atoms with E-state index in [1.54, 1.807) is 37.6 Å². The van der Waals surface area contributed by atoms with Crippen LogP contribution in [0.1, 0.15) is 35.5 Å². The molecule has 2 aromatic carbocycles. The lowest BCUT2D eigenvalue weighted by Crippen LogP contribution is -2.49. The number of benzene rings is 2. The van der Waals surface area contributed by atoms with Crippen molar-refractivity contribution in [3.8, 4) is 11.5 Å². The van der Waals surface area contributed by atoms with Gasteiger partial charge in [-0.15, -0.1) is 0 Å². The highest BCUT2D eigenvalue weighted by molar-refractivity contribution is 5.97. The molecule has 1 aromatic heterocycles. The maximum Gasteiger partial charge on any atom is 0.251 e. The van der Waals surface area contributed by atoms with Crippen LogP contribution in [0, 0.1) is 5.92 Å². The van der Waals surface area contributed by atoms with E-state index in [0.717, 1.165) is 11.3 Å². The molecule has 0 saturated heterocycles. The first-order chi connectivity index (χ1) is 16.0. The summed E-state index contributed by atoms with van der Waals surface area (Å²) in [6, 6.07) is 19.3. The SMILES string of the molecule is COc1ccc(C(=O)NC(C(=O)NCc2cccc(OCc3ccccn3)c2)C(C)C)cc1. The predicted octanol–water partition coefficient (Wildman–Crippen LogP) is 3.74. The van der Waals surface area contributed by atoms with Crippen LogP contribution >= 0.6 is 0 Å². The average molecular weight is 448 g/mol. The molecule has 7 heteroatoms. The lowest BCUT2D eigenvalue weighted by Gasteiger charge is -2.22. The molecule has 3 rings (SSSR count). The molecule has 3 aromatic rings. The van der Waals surface area contributed by atoms with Gasteiger partial charge in [-0.1, -0.05) is 32.0 Å². The number of methoxy groups -OCH3 is 1. The van der Waals surface area contributed by atoms with Gasteiger partial charge in [-0.2, -0.15) is 0 Å². The van der Waals surface area contributed by atoms with Gasteiger partial charge in [0.1, 0.15) is 24.1 Å². The summed E-state index contributed by atoms with van der Waals surface area (Å²) in [6.07, 6.45) is 1.73. The molecule has 2 N–H and O–H groups in total. The molecule has 33 heavy (non-hydrogen) atoms. The largest absolute Gasteiger partial charge is 0.497 e. The molecule has 0 aliphatic heterocycles. The Morgan fingerprint density at radius 2 is 1.76 bits per heavy atom. The smallest absolute Gasteiger partial charge is 0.251 e. The zero-order valence-electron chi connectivity index (χ0n) is 19.1. The summed E-state index contributed by atoms with van der Waals surface area (Å²) in [6.45, 7) is 4.47. The van der Waals surface area contributed by atoms with Crippen LogP contribution < -0.4 is 20.1 Å². The molecular formula is C26H29N3O4. The summed E-state index contributed by atoms with van der Waals surface area (Å²) >= 11 is 0. The second-order valence-corrected chi connectivity index (χ2v) is 7.90. The van der Waals surface area contributed by atoms with E-state index in [1.807, 2.05) is 56.3 Å². The van der Waals surface area contributed by atoms with Gasteiger partial charge in [0.15, 0.2) is 0 Å². The predicted molar refractivity (Wildman–Crippen MR) is 126 cm³/mol. The zero-order chi connectivity index (χ0) is 23.6. The van der Waals surface area contributed by atoms with Crippen LogP contribution in [0.15, 0.2) is 72.9 Å². The molecule has 0 aliphatic carbocycles. The van der Waals surface area contributed by atoms with Gasteiger partial charge in [0.25, 0.3) is 5.91 Å². The fourth-order valence-electron chi connectivity index (χ4n) is 3.19. The highest BCUT2D eigenvalue weighted by atomic mass is 16.5. The molecule has 2 amide bonds. The van der Waals surface area contributed by atoms with E-state index in [2.05, 4.69) is 15.6 Å². The van der Waals surface area contributed by atoms with Crippen molar-refractivity contribution in [2.24, 2.45) is 5.92 Å². The number of aromatic nitrogens is 1. The second-order valence-electron chi connectivity index (χ2n) is 7.90. The molecule has 0 fully saturated rings. The molecule has 0 saturated carbocycles. The van der Waals surface area contributed by atoms with Crippen molar-refractivity contribution in [1.82, 2.24) is 15.6 Å². The monoisotopic (exact) mass is 447 g/mol. The van der Waals surface area contributed by atoms with Crippen molar-refractivity contribution in [2.75, 3.05) is 7.11 Å². The number of hydrogen-bond acceptors (Lipinski definition) is 5. The highest BCUT2D eigenvalue weighted by Crippen LogP contribution is 2.15. The Morgan fingerprint density at radius 3 is 2.42 bits per heavy atom. The summed E-state index contributed by atoms with van der Waals surface area (Å²) < 4.78 is 10.9. The van der Waals surface area contributed by atoms with Gasteiger partial charge in [0, 0.05) is 18.3 Å². The van der Waals surface area contributed by atoms with Crippen LogP contribution in [0.4, 0.5) is 0 Å². The van der Waals surface area contributed by atoms with Gasteiger partial charge in [0.2, 0.25) is 5.91 Å². The molecule has 0 spiro atoms. The number of carbonyl (C=O) groups excluding carboxylic acids is 2. The van der Waals surface area contributed by atoms with E-state index < -0.39 is 6.04 Å². The van der Waals surface area contributed by atoms with Crippen molar-refractivity contribution in [3.63, 3.8) is 0 Å². The molecular weight excluding hydrogens is 418 g/mol. The van der Waals surface area contributed by atoms with Crippen molar-refractivity contribution in [3.05, 3.63) is 89.7 Å². The van der Waals surface area contributed by atoms with Crippen molar-refractivity contribution in [1.29, 1.82) is 0 Å². The van der Waals surface area contributed by atoms with Gasteiger partial charge < -0.3 is 20.1 Å². The number of amides is 2. The molecule has 0 aliphatic rings. The van der Waals surface area contributed by atoms with Crippen LogP contribution in [-0.2, 0) is 17.9 Å². The van der Waals surface area contributed by atoms with E-state index in [4.69, 9.17) is 9.47 Å².